The Labute approximate surface area is 182 Å². The second-order valence-corrected chi connectivity index (χ2v) is 7.54. The van der Waals surface area contributed by atoms with Crippen LogP contribution in [-0.4, -0.2) is 49.6 Å². The van der Waals surface area contributed by atoms with Crippen LogP contribution in [0.15, 0.2) is 54.6 Å². The summed E-state index contributed by atoms with van der Waals surface area (Å²) < 4.78 is 10.6. The van der Waals surface area contributed by atoms with Gasteiger partial charge in [-0.2, -0.15) is 0 Å². The van der Waals surface area contributed by atoms with Gasteiger partial charge in [-0.15, -0.1) is 0 Å². The largest absolute Gasteiger partial charge is 0.493 e. The fourth-order valence-corrected chi connectivity index (χ4v) is 3.55. The molecule has 0 bridgehead atoms. The Bertz CT molecular complexity index is 906. The van der Waals surface area contributed by atoms with E-state index in [0.717, 1.165) is 38.0 Å². The van der Waals surface area contributed by atoms with Crippen LogP contribution in [0.3, 0.4) is 0 Å². The predicted molar refractivity (Wildman–Crippen MR) is 120 cm³/mol. The third kappa shape index (κ3) is 7.15. The lowest BCUT2D eigenvalue weighted by molar-refractivity contribution is -0.120. The topological polar surface area (TPSA) is 93.9 Å². The van der Waals surface area contributed by atoms with Crippen LogP contribution in [-0.2, 0) is 16.1 Å². The number of hydrogen-bond acceptors (Lipinski definition) is 5. The molecule has 2 aromatic rings. The Hall–Kier alpha value is -3.32. The lowest BCUT2D eigenvalue weighted by Crippen LogP contribution is -2.43. The highest BCUT2D eigenvalue weighted by atomic mass is 16.5. The average Bonchev–Trinajstić information content (AvgIpc) is 2.78. The van der Waals surface area contributed by atoms with Crippen molar-refractivity contribution in [2.45, 2.75) is 25.4 Å². The molecule has 0 aromatic heterocycles. The molecule has 164 valence electrons. The molecule has 1 saturated heterocycles. The molecule has 0 unspecified atom stereocenters. The minimum Gasteiger partial charge on any atom is -0.493 e. The Morgan fingerprint density at radius 1 is 1.13 bits per heavy atom. The summed E-state index contributed by atoms with van der Waals surface area (Å²) in [7, 11) is 1.51. The van der Waals surface area contributed by atoms with E-state index < -0.39 is 5.91 Å². The number of hydrogen-bond donors (Lipinski definition) is 2. The summed E-state index contributed by atoms with van der Waals surface area (Å²) in [6.45, 7) is 2.65. The van der Waals surface area contributed by atoms with Crippen LogP contribution >= 0.6 is 0 Å². The molecule has 7 nitrogen and oxygen atoms in total. The van der Waals surface area contributed by atoms with E-state index in [4.69, 9.17) is 15.2 Å². The molecular formula is C24H29N3O4. The second-order valence-electron chi connectivity index (χ2n) is 7.54. The highest BCUT2D eigenvalue weighted by Gasteiger charge is 2.20. The van der Waals surface area contributed by atoms with Crippen LogP contribution in [0, 0.1) is 0 Å². The number of carbonyl (C=O) groups is 2. The molecule has 3 rings (SSSR count). The number of primary amides is 1. The molecule has 1 fully saturated rings. The van der Waals surface area contributed by atoms with E-state index in [2.05, 4.69) is 34.5 Å². The van der Waals surface area contributed by atoms with Crippen molar-refractivity contribution < 1.29 is 19.1 Å². The van der Waals surface area contributed by atoms with Crippen LogP contribution in [0.4, 0.5) is 0 Å². The van der Waals surface area contributed by atoms with Crippen molar-refractivity contribution in [3.8, 4) is 11.5 Å². The molecule has 0 saturated carbocycles. The first-order valence-corrected chi connectivity index (χ1v) is 10.4. The van der Waals surface area contributed by atoms with Gasteiger partial charge in [0.1, 0.15) is 0 Å². The van der Waals surface area contributed by atoms with E-state index in [1.54, 1.807) is 24.3 Å². The summed E-state index contributed by atoms with van der Waals surface area (Å²) in [6, 6.07) is 15.8. The Morgan fingerprint density at radius 2 is 1.87 bits per heavy atom. The number of methoxy groups -OCH3 is 1. The van der Waals surface area contributed by atoms with E-state index >= 15 is 0 Å². The van der Waals surface area contributed by atoms with Crippen molar-refractivity contribution in [2.75, 3.05) is 26.8 Å². The summed E-state index contributed by atoms with van der Waals surface area (Å²) in [5.74, 6) is 0.211. The Morgan fingerprint density at radius 3 is 2.55 bits per heavy atom. The summed E-state index contributed by atoms with van der Waals surface area (Å²) >= 11 is 0. The van der Waals surface area contributed by atoms with Crippen molar-refractivity contribution in [1.29, 1.82) is 0 Å². The fraction of sp³-hybridized carbons (Fsp3) is 0.333. The number of nitrogens with zero attached hydrogens (tertiary/aromatic N) is 1. The summed E-state index contributed by atoms with van der Waals surface area (Å²) in [5.41, 5.74) is 7.20. The normalized spacial score (nSPS) is 15.0. The number of benzene rings is 2. The van der Waals surface area contributed by atoms with Crippen LogP contribution in [0.1, 0.15) is 24.0 Å². The van der Waals surface area contributed by atoms with Gasteiger partial charge in [0.15, 0.2) is 18.1 Å². The van der Waals surface area contributed by atoms with E-state index in [9.17, 15) is 9.59 Å². The molecular weight excluding hydrogens is 394 g/mol. The first kappa shape index (κ1) is 22.4. The number of nitrogens with one attached hydrogen (secondary N) is 1. The third-order valence-electron chi connectivity index (χ3n) is 5.17. The van der Waals surface area contributed by atoms with Gasteiger partial charge in [-0.3, -0.25) is 14.5 Å². The van der Waals surface area contributed by atoms with Gasteiger partial charge >= 0.3 is 0 Å². The average molecular weight is 424 g/mol. The van der Waals surface area contributed by atoms with Crippen molar-refractivity contribution in [2.24, 2.45) is 5.73 Å². The highest BCUT2D eigenvalue weighted by Crippen LogP contribution is 2.28. The molecule has 2 aromatic carbocycles. The van der Waals surface area contributed by atoms with Gasteiger partial charge in [0, 0.05) is 31.8 Å². The molecule has 0 spiro atoms. The number of ether oxygens (including phenoxy) is 2. The summed E-state index contributed by atoms with van der Waals surface area (Å²) in [5, 5.41) is 3.09. The maximum absolute atomic E-state index is 12.3. The van der Waals surface area contributed by atoms with Crippen LogP contribution in [0.25, 0.3) is 6.08 Å². The maximum Gasteiger partial charge on any atom is 0.255 e. The second kappa shape index (κ2) is 11.2. The zero-order valence-electron chi connectivity index (χ0n) is 17.8. The number of nitrogens with two attached hydrogens (primary N) is 1. The van der Waals surface area contributed by atoms with Crippen LogP contribution in [0.5, 0.6) is 11.5 Å². The number of carbonyl (C=O) groups excluding carboxylic acids is 2. The minimum atomic E-state index is -0.561. The van der Waals surface area contributed by atoms with Gasteiger partial charge < -0.3 is 20.5 Å². The van der Waals surface area contributed by atoms with Crippen molar-refractivity contribution >= 4 is 17.9 Å². The van der Waals surface area contributed by atoms with E-state index in [0.29, 0.717) is 11.5 Å². The lowest BCUT2D eigenvalue weighted by Gasteiger charge is -2.32. The number of piperidine rings is 1. The molecule has 0 radical (unpaired) electrons. The SMILES string of the molecule is COc1cc(/C=C/C(=O)NC2CCN(Cc3ccccc3)CC2)ccc1OCC(N)=O. The van der Waals surface area contributed by atoms with Crippen LogP contribution in [0.2, 0.25) is 0 Å². The van der Waals surface area contributed by atoms with Gasteiger partial charge in [-0.25, -0.2) is 0 Å². The maximum atomic E-state index is 12.3. The minimum absolute atomic E-state index is 0.116. The quantitative estimate of drug-likeness (QED) is 0.604. The lowest BCUT2D eigenvalue weighted by atomic mass is 10.0. The van der Waals surface area contributed by atoms with Crippen molar-refractivity contribution in [3.63, 3.8) is 0 Å². The summed E-state index contributed by atoms with van der Waals surface area (Å²) in [4.78, 5) is 25.6. The van der Waals surface area contributed by atoms with E-state index in [-0.39, 0.29) is 18.6 Å². The van der Waals surface area contributed by atoms with Crippen molar-refractivity contribution in [3.05, 3.63) is 65.7 Å². The van der Waals surface area contributed by atoms with Gasteiger partial charge in [0.25, 0.3) is 5.91 Å². The van der Waals surface area contributed by atoms with Crippen molar-refractivity contribution in [1.82, 2.24) is 10.2 Å². The zero-order chi connectivity index (χ0) is 22.1. The van der Waals surface area contributed by atoms with Gasteiger partial charge in [0.05, 0.1) is 7.11 Å². The van der Waals surface area contributed by atoms with E-state index in [1.165, 1.54) is 18.7 Å². The molecule has 1 heterocycles. The Balaban J connectivity index is 1.46. The van der Waals surface area contributed by atoms with Gasteiger partial charge in [-0.1, -0.05) is 36.4 Å². The molecule has 31 heavy (non-hydrogen) atoms. The molecule has 0 aliphatic carbocycles. The molecule has 1 aliphatic heterocycles. The first-order chi connectivity index (χ1) is 15.0. The van der Waals surface area contributed by atoms with Gasteiger partial charge in [-0.05, 0) is 42.2 Å². The predicted octanol–water partition coefficient (Wildman–Crippen LogP) is 2.35. The molecule has 7 heteroatoms. The standard InChI is InChI=1S/C24H29N3O4/c1-30-22-15-18(7-9-21(22)31-17-23(25)28)8-10-24(29)26-20-11-13-27(14-12-20)16-19-5-3-2-4-6-19/h2-10,15,20H,11-14,16-17H2,1H3,(H2,25,28)(H,26,29)/b10-8+. The van der Waals surface area contributed by atoms with Gasteiger partial charge in [0.2, 0.25) is 5.91 Å². The molecule has 1 aliphatic rings. The molecule has 0 atom stereocenters. The monoisotopic (exact) mass is 423 g/mol. The smallest absolute Gasteiger partial charge is 0.255 e. The fourth-order valence-electron chi connectivity index (χ4n) is 3.55. The zero-order valence-corrected chi connectivity index (χ0v) is 17.8. The number of likely N-dealkylation sites (tertiary alicyclic amines) is 1. The molecule has 2 amide bonds. The summed E-state index contributed by atoms with van der Waals surface area (Å²) in [6.07, 6.45) is 5.12. The Kier molecular flexibility index (Phi) is 8.06. The number of rotatable bonds is 9. The first-order valence-electron chi connectivity index (χ1n) is 10.4. The number of amides is 2. The van der Waals surface area contributed by atoms with Crippen LogP contribution < -0.4 is 20.5 Å². The third-order valence-corrected chi connectivity index (χ3v) is 5.17. The highest BCUT2D eigenvalue weighted by molar-refractivity contribution is 5.92. The van der Waals surface area contributed by atoms with E-state index in [1.807, 2.05) is 6.07 Å². The molecule has 3 N–H and O–H groups in total.